The molecule has 0 spiro atoms. The van der Waals surface area contributed by atoms with Crippen LogP contribution in [0, 0.1) is 6.92 Å². The molecule has 2 nitrogen and oxygen atoms in total. The highest BCUT2D eigenvalue weighted by atomic mass is 32.2. The van der Waals surface area contributed by atoms with Crippen LogP contribution in [-0.2, 0) is 18.7 Å². The lowest BCUT2D eigenvalue weighted by molar-refractivity contribution is 0.814. The van der Waals surface area contributed by atoms with Gasteiger partial charge >= 0.3 is 0 Å². The lowest BCUT2D eigenvalue weighted by atomic mass is 10.2. The molecule has 1 heterocycles. The minimum Gasteiger partial charge on any atom is -0.315 e. The maximum absolute atomic E-state index is 4.75. The largest absolute Gasteiger partial charge is 0.315 e. The van der Waals surface area contributed by atoms with Crippen LogP contribution < -0.4 is 5.32 Å². The summed E-state index contributed by atoms with van der Waals surface area (Å²) in [5, 5.41) is 4.45. The van der Waals surface area contributed by atoms with Crippen molar-refractivity contribution in [1.29, 1.82) is 0 Å². The molecule has 0 aliphatic rings. The Morgan fingerprint density at radius 2 is 2.11 bits per heavy atom. The van der Waals surface area contributed by atoms with Crippen LogP contribution in [0.4, 0.5) is 0 Å². The van der Waals surface area contributed by atoms with E-state index in [-0.39, 0.29) is 0 Å². The topological polar surface area (TPSA) is 24.9 Å². The monoisotopic (exact) mass is 292 g/mol. The number of nitrogens with one attached hydrogen (secondary N) is 1. The second-order valence-electron chi connectivity index (χ2n) is 4.42. The highest BCUT2D eigenvalue weighted by molar-refractivity contribution is 7.98. The van der Waals surface area contributed by atoms with Gasteiger partial charge in [0.1, 0.15) is 5.01 Å². The summed E-state index contributed by atoms with van der Waals surface area (Å²) in [6.45, 7) is 5.26. The normalized spacial score (nSPS) is 10.9. The summed E-state index contributed by atoms with van der Waals surface area (Å²) in [7, 11) is 1.99. The first-order valence-electron chi connectivity index (χ1n) is 6.55. The van der Waals surface area contributed by atoms with Gasteiger partial charge in [0.15, 0.2) is 0 Å². The maximum atomic E-state index is 4.75. The first-order chi connectivity index (χ1) is 9.24. The predicted octanol–water partition coefficient (Wildman–Crippen LogP) is 4.03. The van der Waals surface area contributed by atoms with Crippen LogP contribution in [0.15, 0.2) is 29.2 Å². The highest BCUT2D eigenvalue weighted by Gasteiger charge is 2.09. The number of hydrogen-bond acceptors (Lipinski definition) is 4. The van der Waals surface area contributed by atoms with E-state index in [2.05, 4.69) is 43.4 Å². The molecule has 1 aromatic carbocycles. The van der Waals surface area contributed by atoms with Gasteiger partial charge in [-0.05, 0) is 32.0 Å². The molecule has 0 amide bonds. The van der Waals surface area contributed by atoms with E-state index in [9.17, 15) is 0 Å². The molecule has 19 heavy (non-hydrogen) atoms. The molecule has 0 unspecified atom stereocenters. The second-order valence-corrected chi connectivity index (χ2v) is 6.60. The zero-order chi connectivity index (χ0) is 13.7. The summed E-state index contributed by atoms with van der Waals surface area (Å²) in [5.74, 6) is 0.965. The Morgan fingerprint density at radius 3 is 2.79 bits per heavy atom. The van der Waals surface area contributed by atoms with Crippen molar-refractivity contribution < 1.29 is 0 Å². The molecule has 0 saturated heterocycles. The van der Waals surface area contributed by atoms with E-state index in [0.717, 1.165) is 18.7 Å². The quantitative estimate of drug-likeness (QED) is 0.814. The van der Waals surface area contributed by atoms with Crippen LogP contribution in [0.5, 0.6) is 0 Å². The van der Waals surface area contributed by atoms with Gasteiger partial charge in [0.25, 0.3) is 0 Å². The van der Waals surface area contributed by atoms with E-state index in [0.29, 0.717) is 0 Å². The van der Waals surface area contributed by atoms with Gasteiger partial charge in [-0.2, -0.15) is 0 Å². The van der Waals surface area contributed by atoms with E-state index in [1.54, 1.807) is 0 Å². The van der Waals surface area contributed by atoms with Crippen molar-refractivity contribution in [3.05, 3.63) is 45.4 Å². The Morgan fingerprint density at radius 1 is 1.32 bits per heavy atom. The second kappa shape index (κ2) is 7.08. The fourth-order valence-corrected chi connectivity index (χ4v) is 4.12. The van der Waals surface area contributed by atoms with Gasteiger partial charge in [-0.1, -0.05) is 25.1 Å². The molecule has 2 rings (SSSR count). The standard InChI is InChI=1S/C15H20N2S2/c1-4-12-14(9-16-3)19-15(17-12)10-18-13-8-6-5-7-11(13)2/h5-8,16H,4,9-10H2,1-3H3. The fourth-order valence-electron chi connectivity index (χ4n) is 1.93. The smallest absolute Gasteiger partial charge is 0.103 e. The third-order valence-corrected chi connectivity index (χ3v) is 5.41. The van der Waals surface area contributed by atoms with E-state index in [1.807, 2.05) is 30.1 Å². The number of rotatable bonds is 6. The third-order valence-electron chi connectivity index (χ3n) is 2.94. The summed E-state index contributed by atoms with van der Waals surface area (Å²) in [6, 6.07) is 8.53. The minimum atomic E-state index is 0.926. The van der Waals surface area contributed by atoms with Crippen LogP contribution >= 0.6 is 23.1 Å². The molecule has 0 saturated carbocycles. The van der Waals surface area contributed by atoms with Gasteiger partial charge in [-0.3, -0.25) is 0 Å². The first kappa shape index (κ1) is 14.6. The Hall–Kier alpha value is -0.840. The van der Waals surface area contributed by atoms with Crippen molar-refractivity contribution in [2.45, 2.75) is 37.5 Å². The van der Waals surface area contributed by atoms with Gasteiger partial charge in [0.05, 0.1) is 11.4 Å². The van der Waals surface area contributed by atoms with Crippen LogP contribution in [0.1, 0.15) is 28.1 Å². The highest BCUT2D eigenvalue weighted by Crippen LogP contribution is 2.29. The third kappa shape index (κ3) is 3.81. The molecule has 2 aromatic rings. The molecule has 0 atom stereocenters. The van der Waals surface area contributed by atoms with Crippen molar-refractivity contribution in [3.8, 4) is 0 Å². The SMILES string of the molecule is CCc1nc(CSc2ccccc2C)sc1CNC. The maximum Gasteiger partial charge on any atom is 0.103 e. The molecular formula is C15H20N2S2. The Bertz CT molecular complexity index is 535. The summed E-state index contributed by atoms with van der Waals surface area (Å²) in [6.07, 6.45) is 1.02. The van der Waals surface area contributed by atoms with Gasteiger partial charge in [-0.25, -0.2) is 4.98 Å². The Balaban J connectivity index is 2.05. The van der Waals surface area contributed by atoms with Crippen LogP contribution in [-0.4, -0.2) is 12.0 Å². The summed E-state index contributed by atoms with van der Waals surface area (Å²) >= 11 is 3.72. The summed E-state index contributed by atoms with van der Waals surface area (Å²) in [4.78, 5) is 7.48. The van der Waals surface area contributed by atoms with Crippen molar-refractivity contribution >= 4 is 23.1 Å². The van der Waals surface area contributed by atoms with E-state index in [4.69, 9.17) is 4.98 Å². The Kier molecular flexibility index (Phi) is 5.43. The van der Waals surface area contributed by atoms with Gasteiger partial charge in [-0.15, -0.1) is 23.1 Å². The lowest BCUT2D eigenvalue weighted by Crippen LogP contribution is -2.05. The molecule has 0 radical (unpaired) electrons. The van der Waals surface area contributed by atoms with Gasteiger partial charge in [0, 0.05) is 16.3 Å². The predicted molar refractivity (Wildman–Crippen MR) is 85.0 cm³/mol. The van der Waals surface area contributed by atoms with E-state index < -0.39 is 0 Å². The Labute approximate surface area is 123 Å². The van der Waals surface area contributed by atoms with Crippen molar-refractivity contribution in [2.24, 2.45) is 0 Å². The van der Waals surface area contributed by atoms with Crippen LogP contribution in [0.25, 0.3) is 0 Å². The number of aromatic nitrogens is 1. The van der Waals surface area contributed by atoms with E-state index >= 15 is 0 Å². The van der Waals surface area contributed by atoms with Gasteiger partial charge in [0.2, 0.25) is 0 Å². The summed E-state index contributed by atoms with van der Waals surface area (Å²) in [5.41, 5.74) is 2.59. The van der Waals surface area contributed by atoms with Crippen LogP contribution in [0.3, 0.4) is 0 Å². The molecule has 102 valence electrons. The molecule has 1 N–H and O–H groups in total. The molecular weight excluding hydrogens is 272 g/mol. The average Bonchev–Trinajstić information content (AvgIpc) is 2.81. The van der Waals surface area contributed by atoms with Crippen molar-refractivity contribution in [2.75, 3.05) is 7.05 Å². The fraction of sp³-hybridized carbons (Fsp3) is 0.400. The molecule has 1 aromatic heterocycles. The molecule has 0 bridgehead atoms. The first-order valence-corrected chi connectivity index (χ1v) is 8.35. The molecule has 4 heteroatoms. The van der Waals surface area contributed by atoms with Gasteiger partial charge < -0.3 is 5.32 Å². The number of thioether (sulfide) groups is 1. The number of nitrogens with zero attached hydrogens (tertiary/aromatic N) is 1. The lowest BCUT2D eigenvalue weighted by Gasteiger charge is -2.02. The minimum absolute atomic E-state index is 0.926. The summed E-state index contributed by atoms with van der Waals surface area (Å²) < 4.78 is 0. The molecule has 0 fully saturated rings. The van der Waals surface area contributed by atoms with Crippen molar-refractivity contribution in [3.63, 3.8) is 0 Å². The number of benzene rings is 1. The average molecular weight is 292 g/mol. The number of thiazole rings is 1. The van der Waals surface area contributed by atoms with Crippen molar-refractivity contribution in [1.82, 2.24) is 10.3 Å². The molecule has 0 aliphatic carbocycles. The van der Waals surface area contributed by atoms with E-state index in [1.165, 1.54) is 26.0 Å². The molecule has 0 aliphatic heterocycles. The zero-order valence-electron chi connectivity index (χ0n) is 11.7. The van der Waals surface area contributed by atoms with Crippen LogP contribution in [0.2, 0.25) is 0 Å². The number of aryl methyl sites for hydroxylation is 2. The number of hydrogen-bond donors (Lipinski definition) is 1. The zero-order valence-corrected chi connectivity index (χ0v) is 13.3.